The van der Waals surface area contributed by atoms with Crippen LogP contribution in [0.3, 0.4) is 0 Å². The Balaban J connectivity index is 2.25. The van der Waals surface area contributed by atoms with Gasteiger partial charge >= 0.3 is 33.4 Å². The minimum atomic E-state index is -7.39. The summed E-state index contributed by atoms with van der Waals surface area (Å²) in [5.41, 5.74) is -0.0516. The van der Waals surface area contributed by atoms with Crippen molar-refractivity contribution in [3.8, 4) is 0 Å². The number of rotatable bonds is 6. The molecule has 1 aromatic rings. The number of benzene rings is 1. The third-order valence-electron chi connectivity index (χ3n) is 4.06. The predicted molar refractivity (Wildman–Crippen MR) is 87.2 cm³/mol. The lowest BCUT2D eigenvalue weighted by Gasteiger charge is -2.33. The van der Waals surface area contributed by atoms with Gasteiger partial charge < -0.3 is 9.08 Å². The van der Waals surface area contributed by atoms with E-state index in [1.54, 1.807) is 0 Å². The molecule has 0 fully saturated rings. The van der Waals surface area contributed by atoms with Crippen LogP contribution in [0.5, 0.6) is 0 Å². The topological polar surface area (TPSA) is 46.6 Å². The summed E-state index contributed by atoms with van der Waals surface area (Å²) >= 11 is 5.58. The Labute approximate surface area is 173 Å². The fraction of sp³-hybridized carbons (Fsp3) is 0.467. The molecule has 4 nitrogen and oxygen atoms in total. The smallest absolute Gasteiger partial charge is 0.383 e. The first-order valence-corrected chi connectivity index (χ1v) is 9.67. The Kier molecular flexibility index (Phi) is 6.47. The van der Waals surface area contributed by atoms with Crippen molar-refractivity contribution in [3.05, 3.63) is 40.9 Å². The van der Waals surface area contributed by atoms with Crippen molar-refractivity contribution >= 4 is 27.4 Å². The molecule has 0 saturated carbocycles. The zero-order valence-electron chi connectivity index (χ0n) is 14.7. The highest BCUT2D eigenvalue weighted by Crippen LogP contribution is 2.55. The molecule has 0 bridgehead atoms. The van der Waals surface area contributed by atoms with Crippen LogP contribution < -0.4 is 4.90 Å². The summed E-state index contributed by atoms with van der Waals surface area (Å²) in [4.78, 5) is 1.23. The zero-order valence-corrected chi connectivity index (χ0v) is 16.2. The number of anilines is 1. The van der Waals surface area contributed by atoms with E-state index in [1.165, 1.54) is 17.0 Å². The first kappa shape index (κ1) is 25.4. The second kappa shape index (κ2) is 7.90. The summed E-state index contributed by atoms with van der Waals surface area (Å²) in [7, 11) is -7.00. The van der Waals surface area contributed by atoms with Gasteiger partial charge in [0.1, 0.15) is 11.6 Å². The fourth-order valence-electron chi connectivity index (χ4n) is 2.39. The van der Waals surface area contributed by atoms with Crippen LogP contribution in [-0.2, 0) is 14.3 Å². The largest absolute Gasteiger partial charge is 0.460 e. The molecule has 0 amide bonds. The van der Waals surface area contributed by atoms with Crippen LogP contribution in [0.1, 0.15) is 6.42 Å². The molecule has 16 heteroatoms. The van der Waals surface area contributed by atoms with Gasteiger partial charge in [0, 0.05) is 24.5 Å². The standard InChI is InChI=1S/C15H10ClF10NO3S/c16-8-1-2-11(10(17)7-8)27-5-3-9(4-6-27)30-31(28,29)15(25,26)13(20,21)12(18,19)14(22,23)24/h1-3,7H,4-6H2. The molecule has 0 N–H and O–H groups in total. The van der Waals surface area contributed by atoms with Gasteiger partial charge in [0.25, 0.3) is 0 Å². The highest BCUT2D eigenvalue weighted by Gasteiger charge is 2.86. The van der Waals surface area contributed by atoms with Gasteiger partial charge in [0.2, 0.25) is 0 Å². The van der Waals surface area contributed by atoms with Crippen molar-refractivity contribution in [1.29, 1.82) is 0 Å². The SMILES string of the molecule is O=S(=O)(OC1=CCN(c2ccc(Cl)cc2F)CC1)C(F)(F)C(F)(F)C(F)(F)C(F)(F)F. The maximum Gasteiger partial charge on any atom is 0.460 e. The predicted octanol–water partition coefficient (Wildman–Crippen LogP) is 5.35. The number of halogens is 11. The van der Waals surface area contributed by atoms with Gasteiger partial charge in [-0.15, -0.1) is 0 Å². The van der Waals surface area contributed by atoms with Crippen molar-refractivity contribution in [3.63, 3.8) is 0 Å². The van der Waals surface area contributed by atoms with E-state index in [9.17, 15) is 52.3 Å². The molecule has 0 aliphatic carbocycles. The Hall–Kier alpha value is -1.90. The van der Waals surface area contributed by atoms with Crippen LogP contribution in [0, 0.1) is 5.82 Å². The Morgan fingerprint density at radius 3 is 2.00 bits per heavy atom. The lowest BCUT2D eigenvalue weighted by molar-refractivity contribution is -0.382. The highest BCUT2D eigenvalue weighted by atomic mass is 35.5. The van der Waals surface area contributed by atoms with E-state index in [0.29, 0.717) is 0 Å². The number of hydrogen-bond donors (Lipinski definition) is 0. The number of hydrogen-bond acceptors (Lipinski definition) is 4. The van der Waals surface area contributed by atoms with E-state index in [-0.39, 0.29) is 17.3 Å². The number of nitrogens with zero attached hydrogens (tertiary/aromatic N) is 1. The van der Waals surface area contributed by atoms with Crippen molar-refractivity contribution in [2.45, 2.75) is 29.7 Å². The Morgan fingerprint density at radius 1 is 0.968 bits per heavy atom. The van der Waals surface area contributed by atoms with Crippen molar-refractivity contribution in [2.24, 2.45) is 0 Å². The zero-order chi connectivity index (χ0) is 24.0. The van der Waals surface area contributed by atoms with Gasteiger partial charge in [-0.1, -0.05) is 11.6 Å². The van der Waals surface area contributed by atoms with E-state index in [2.05, 4.69) is 4.18 Å². The quantitative estimate of drug-likeness (QED) is 0.383. The molecule has 0 atom stereocenters. The molecule has 0 unspecified atom stereocenters. The van der Waals surface area contributed by atoms with Crippen LogP contribution in [-0.4, -0.2) is 44.8 Å². The average Bonchev–Trinajstić information content (AvgIpc) is 2.61. The van der Waals surface area contributed by atoms with Crippen molar-refractivity contribution < 1.29 is 56.5 Å². The summed E-state index contributed by atoms with van der Waals surface area (Å²) in [5, 5.41) is -6.90. The second-order valence-electron chi connectivity index (χ2n) is 6.16. The molecule has 176 valence electrons. The van der Waals surface area contributed by atoms with Crippen molar-refractivity contribution in [2.75, 3.05) is 18.0 Å². The molecule has 1 aliphatic rings. The molecule has 0 spiro atoms. The normalized spacial score (nSPS) is 16.9. The van der Waals surface area contributed by atoms with E-state index >= 15 is 0 Å². The van der Waals surface area contributed by atoms with Crippen LogP contribution >= 0.6 is 11.6 Å². The minimum absolute atomic E-state index is 0.0442. The molecule has 0 radical (unpaired) electrons. The molecule has 1 aliphatic heterocycles. The molecule has 2 rings (SSSR count). The van der Waals surface area contributed by atoms with Gasteiger partial charge in [-0.2, -0.15) is 47.9 Å². The lowest BCUT2D eigenvalue weighted by atomic mass is 10.1. The maximum atomic E-state index is 13.9. The van der Waals surface area contributed by atoms with Gasteiger partial charge in [0.15, 0.2) is 0 Å². The molecule has 31 heavy (non-hydrogen) atoms. The molecule has 1 aromatic carbocycles. The summed E-state index contributed by atoms with van der Waals surface area (Å²) in [6.45, 7) is -0.704. The van der Waals surface area contributed by atoms with E-state index in [1.807, 2.05) is 0 Å². The van der Waals surface area contributed by atoms with Crippen LogP contribution in [0.4, 0.5) is 49.6 Å². The van der Waals surface area contributed by atoms with Crippen molar-refractivity contribution in [1.82, 2.24) is 0 Å². The monoisotopic (exact) mass is 509 g/mol. The molecule has 0 aromatic heterocycles. The number of alkyl halides is 9. The van der Waals surface area contributed by atoms with Gasteiger partial charge in [-0.25, -0.2) is 4.39 Å². The average molecular weight is 510 g/mol. The van der Waals surface area contributed by atoms with E-state index < -0.39 is 57.9 Å². The highest BCUT2D eigenvalue weighted by molar-refractivity contribution is 7.88. The lowest BCUT2D eigenvalue weighted by Crippen LogP contribution is -2.63. The third-order valence-corrected chi connectivity index (χ3v) is 5.62. The maximum absolute atomic E-state index is 13.9. The molecular weight excluding hydrogens is 500 g/mol. The third kappa shape index (κ3) is 4.38. The van der Waals surface area contributed by atoms with E-state index in [4.69, 9.17) is 11.6 Å². The minimum Gasteiger partial charge on any atom is -0.383 e. The van der Waals surface area contributed by atoms with Crippen LogP contribution in [0.2, 0.25) is 5.02 Å². The first-order valence-electron chi connectivity index (χ1n) is 7.88. The Bertz CT molecular complexity index is 978. The summed E-state index contributed by atoms with van der Waals surface area (Å²) in [6, 6.07) is 3.45. The summed E-state index contributed by atoms with van der Waals surface area (Å²) in [5.74, 6) is -16.5. The van der Waals surface area contributed by atoms with E-state index in [0.717, 1.165) is 12.1 Å². The summed E-state index contributed by atoms with van der Waals surface area (Å²) < 4.78 is 157. The van der Waals surface area contributed by atoms with Crippen LogP contribution in [0.25, 0.3) is 0 Å². The van der Waals surface area contributed by atoms with Gasteiger partial charge in [-0.05, 0) is 24.3 Å². The molecule has 0 saturated heterocycles. The van der Waals surface area contributed by atoms with Crippen LogP contribution in [0.15, 0.2) is 30.0 Å². The van der Waals surface area contributed by atoms with Gasteiger partial charge in [0.05, 0.1) is 5.69 Å². The molecular formula is C15H10ClF10NO3S. The fourth-order valence-corrected chi connectivity index (χ4v) is 3.53. The Morgan fingerprint density at radius 2 is 1.55 bits per heavy atom. The van der Waals surface area contributed by atoms with Gasteiger partial charge in [-0.3, -0.25) is 0 Å². The molecule has 1 heterocycles. The first-order chi connectivity index (χ1) is 13.8. The summed E-state index contributed by atoms with van der Waals surface area (Å²) in [6.07, 6.45) is -7.06. The second-order valence-corrected chi connectivity index (χ2v) is 8.19.